The third-order valence-corrected chi connectivity index (χ3v) is 3.91. The number of benzene rings is 3. The van der Waals surface area contributed by atoms with E-state index in [4.69, 9.17) is 9.47 Å². The Balaban J connectivity index is 1.81. The third-order valence-electron chi connectivity index (χ3n) is 3.91. The molecule has 0 unspecified atom stereocenters. The number of fused-ring (bicyclic) bond motifs is 1. The van der Waals surface area contributed by atoms with Gasteiger partial charge >= 0.3 is 0 Å². The van der Waals surface area contributed by atoms with Crippen molar-refractivity contribution in [2.45, 2.75) is 0 Å². The number of rotatable bonds is 5. The number of methoxy groups -OCH3 is 2. The number of carbonyl (C=O) groups excluding carboxylic acids is 1. The molecule has 0 aliphatic heterocycles. The van der Waals surface area contributed by atoms with Gasteiger partial charge in [-0.25, -0.2) is 5.43 Å². The van der Waals surface area contributed by atoms with Crippen molar-refractivity contribution in [2.24, 2.45) is 5.10 Å². The average molecular weight is 350 g/mol. The van der Waals surface area contributed by atoms with Crippen molar-refractivity contribution in [3.05, 3.63) is 65.7 Å². The predicted molar refractivity (Wildman–Crippen MR) is 100 cm³/mol. The van der Waals surface area contributed by atoms with Gasteiger partial charge < -0.3 is 14.6 Å². The maximum Gasteiger partial charge on any atom is 0.275 e. The average Bonchev–Trinajstić information content (AvgIpc) is 2.66. The molecule has 2 N–H and O–H groups in total. The molecule has 0 saturated heterocycles. The van der Waals surface area contributed by atoms with Gasteiger partial charge in [0, 0.05) is 5.56 Å². The minimum absolute atomic E-state index is 0.102. The van der Waals surface area contributed by atoms with Crippen LogP contribution in [-0.2, 0) is 0 Å². The second kappa shape index (κ2) is 7.57. The lowest BCUT2D eigenvalue weighted by molar-refractivity contribution is 0.0952. The van der Waals surface area contributed by atoms with Crippen molar-refractivity contribution in [2.75, 3.05) is 14.2 Å². The van der Waals surface area contributed by atoms with E-state index < -0.39 is 5.91 Å². The summed E-state index contributed by atoms with van der Waals surface area (Å²) >= 11 is 0. The normalized spacial score (nSPS) is 10.8. The SMILES string of the molecule is COc1cccc(C=NNC(=O)c2cc3ccccc3cc2O)c1OC. The molecule has 6 nitrogen and oxygen atoms in total. The number of nitrogens with zero attached hydrogens (tertiary/aromatic N) is 1. The molecule has 0 saturated carbocycles. The molecule has 3 aromatic rings. The van der Waals surface area contributed by atoms with Crippen molar-refractivity contribution in [3.8, 4) is 17.2 Å². The van der Waals surface area contributed by atoms with Gasteiger partial charge in [-0.3, -0.25) is 4.79 Å². The fourth-order valence-electron chi connectivity index (χ4n) is 2.64. The van der Waals surface area contributed by atoms with Crippen molar-refractivity contribution < 1.29 is 19.4 Å². The molecule has 3 rings (SSSR count). The molecule has 0 aromatic heterocycles. The summed E-state index contributed by atoms with van der Waals surface area (Å²) in [7, 11) is 3.07. The standard InChI is InChI=1S/C20H18N2O4/c1-25-18-9-5-8-15(19(18)26-2)12-21-22-20(24)16-10-13-6-3-4-7-14(13)11-17(16)23/h3-12,23H,1-2H3,(H,22,24). The number of phenols is 1. The maximum atomic E-state index is 12.3. The van der Waals surface area contributed by atoms with Gasteiger partial charge in [0.25, 0.3) is 5.91 Å². The van der Waals surface area contributed by atoms with E-state index in [-0.39, 0.29) is 11.3 Å². The highest BCUT2D eigenvalue weighted by molar-refractivity contribution is 6.01. The lowest BCUT2D eigenvalue weighted by atomic mass is 10.1. The topological polar surface area (TPSA) is 80.2 Å². The molecule has 0 spiro atoms. The van der Waals surface area contributed by atoms with Crippen LogP contribution in [0.3, 0.4) is 0 Å². The van der Waals surface area contributed by atoms with Gasteiger partial charge in [-0.15, -0.1) is 0 Å². The summed E-state index contributed by atoms with van der Waals surface area (Å²) in [6.45, 7) is 0. The van der Waals surface area contributed by atoms with Crippen molar-refractivity contribution in [1.82, 2.24) is 5.43 Å². The minimum Gasteiger partial charge on any atom is -0.507 e. The Morgan fingerprint density at radius 3 is 2.46 bits per heavy atom. The van der Waals surface area contributed by atoms with E-state index in [1.807, 2.05) is 24.3 Å². The van der Waals surface area contributed by atoms with Crippen molar-refractivity contribution >= 4 is 22.9 Å². The highest BCUT2D eigenvalue weighted by Gasteiger charge is 2.12. The number of hydrogen-bond acceptors (Lipinski definition) is 5. The molecule has 6 heteroatoms. The number of amides is 1. The number of nitrogens with one attached hydrogen (secondary N) is 1. The number of hydrazone groups is 1. The van der Waals surface area contributed by atoms with Crippen LogP contribution in [0.2, 0.25) is 0 Å². The van der Waals surface area contributed by atoms with Crippen LogP contribution < -0.4 is 14.9 Å². The molecule has 0 atom stereocenters. The summed E-state index contributed by atoms with van der Waals surface area (Å²) in [4.78, 5) is 12.3. The highest BCUT2D eigenvalue weighted by atomic mass is 16.5. The van der Waals surface area contributed by atoms with Gasteiger partial charge in [0.05, 0.1) is 26.0 Å². The minimum atomic E-state index is -0.508. The van der Waals surface area contributed by atoms with Gasteiger partial charge in [-0.1, -0.05) is 30.3 Å². The van der Waals surface area contributed by atoms with Crippen molar-refractivity contribution in [1.29, 1.82) is 0 Å². The van der Waals surface area contributed by atoms with E-state index in [2.05, 4.69) is 10.5 Å². The van der Waals surface area contributed by atoms with Crippen LogP contribution in [0.5, 0.6) is 17.2 Å². The number of hydrogen-bond donors (Lipinski definition) is 2. The lowest BCUT2D eigenvalue weighted by Gasteiger charge is -2.09. The van der Waals surface area contributed by atoms with Crippen LogP contribution in [0.1, 0.15) is 15.9 Å². The number of ether oxygens (including phenoxy) is 2. The van der Waals surface area contributed by atoms with Crippen LogP contribution in [-0.4, -0.2) is 31.4 Å². The molecule has 0 bridgehead atoms. The second-order valence-electron chi connectivity index (χ2n) is 5.50. The number of phenolic OH excluding ortho intramolecular Hbond substituents is 1. The highest BCUT2D eigenvalue weighted by Crippen LogP contribution is 2.29. The Morgan fingerprint density at radius 1 is 1.04 bits per heavy atom. The summed E-state index contributed by atoms with van der Waals surface area (Å²) in [6, 6.07) is 16.0. The van der Waals surface area contributed by atoms with Gasteiger partial charge in [-0.2, -0.15) is 5.10 Å². The Kier molecular flexibility index (Phi) is 5.03. The van der Waals surface area contributed by atoms with Crippen LogP contribution in [0.4, 0.5) is 0 Å². The largest absolute Gasteiger partial charge is 0.507 e. The van der Waals surface area contributed by atoms with Crippen LogP contribution in [0.15, 0.2) is 59.7 Å². The molecule has 0 fully saturated rings. The van der Waals surface area contributed by atoms with Gasteiger partial charge in [0.1, 0.15) is 5.75 Å². The number of aromatic hydroxyl groups is 1. The summed E-state index contributed by atoms with van der Waals surface area (Å²) in [5, 5.41) is 15.8. The smallest absolute Gasteiger partial charge is 0.275 e. The molecule has 132 valence electrons. The molecule has 3 aromatic carbocycles. The molecule has 0 heterocycles. The molecule has 0 aliphatic carbocycles. The Labute approximate surface area is 150 Å². The van der Waals surface area contributed by atoms with E-state index in [0.717, 1.165) is 10.8 Å². The van der Waals surface area contributed by atoms with Crippen LogP contribution in [0, 0.1) is 0 Å². The summed E-state index contributed by atoms with van der Waals surface area (Å²) in [6.07, 6.45) is 1.46. The zero-order chi connectivity index (χ0) is 18.5. The summed E-state index contributed by atoms with van der Waals surface area (Å²) in [5.41, 5.74) is 3.22. The molecule has 1 amide bonds. The van der Waals surface area contributed by atoms with Crippen LogP contribution >= 0.6 is 0 Å². The van der Waals surface area contributed by atoms with E-state index in [0.29, 0.717) is 17.1 Å². The van der Waals surface area contributed by atoms with Gasteiger partial charge in [-0.05, 0) is 35.0 Å². The maximum absolute atomic E-state index is 12.3. The number of carbonyl (C=O) groups is 1. The summed E-state index contributed by atoms with van der Waals surface area (Å²) < 4.78 is 10.5. The Hall–Kier alpha value is -3.54. The lowest BCUT2D eigenvalue weighted by Crippen LogP contribution is -2.17. The fraction of sp³-hybridized carbons (Fsp3) is 0.100. The van der Waals surface area contributed by atoms with E-state index in [1.54, 1.807) is 37.4 Å². The Morgan fingerprint density at radius 2 is 1.77 bits per heavy atom. The first-order valence-electron chi connectivity index (χ1n) is 7.90. The zero-order valence-electron chi connectivity index (χ0n) is 14.4. The van der Waals surface area contributed by atoms with E-state index in [1.165, 1.54) is 13.3 Å². The molecule has 0 radical (unpaired) electrons. The molecule has 0 aliphatic rings. The van der Waals surface area contributed by atoms with E-state index >= 15 is 0 Å². The third kappa shape index (κ3) is 3.44. The van der Waals surface area contributed by atoms with Crippen LogP contribution in [0.25, 0.3) is 10.8 Å². The van der Waals surface area contributed by atoms with E-state index in [9.17, 15) is 9.90 Å². The van der Waals surface area contributed by atoms with Gasteiger partial charge in [0.15, 0.2) is 11.5 Å². The quantitative estimate of drug-likeness (QED) is 0.546. The number of para-hydroxylation sites is 1. The summed E-state index contributed by atoms with van der Waals surface area (Å²) in [5.74, 6) is 0.471. The first-order chi connectivity index (χ1) is 12.6. The monoisotopic (exact) mass is 350 g/mol. The predicted octanol–water partition coefficient (Wildman–Crippen LogP) is 3.33. The Bertz CT molecular complexity index is 983. The molecular formula is C20H18N2O4. The van der Waals surface area contributed by atoms with Crippen molar-refractivity contribution in [3.63, 3.8) is 0 Å². The van der Waals surface area contributed by atoms with Gasteiger partial charge in [0.2, 0.25) is 0 Å². The fourth-order valence-corrected chi connectivity index (χ4v) is 2.64. The molecule has 26 heavy (non-hydrogen) atoms. The second-order valence-corrected chi connectivity index (χ2v) is 5.50. The zero-order valence-corrected chi connectivity index (χ0v) is 14.4. The first kappa shape index (κ1) is 17.3. The molecular weight excluding hydrogens is 332 g/mol. The first-order valence-corrected chi connectivity index (χ1v) is 7.90.